The molecule has 0 fully saturated rings. The van der Waals surface area contributed by atoms with Gasteiger partial charge in [-0.2, -0.15) is 0 Å². The van der Waals surface area contributed by atoms with Gasteiger partial charge in [-0.25, -0.2) is 9.59 Å². The third-order valence-corrected chi connectivity index (χ3v) is 6.38. The predicted octanol–water partition coefficient (Wildman–Crippen LogP) is 0.240. The van der Waals surface area contributed by atoms with E-state index in [1.54, 1.807) is 38.4 Å². The highest BCUT2D eigenvalue weighted by Gasteiger charge is 2.21. The van der Waals surface area contributed by atoms with E-state index in [9.17, 15) is 28.8 Å². The van der Waals surface area contributed by atoms with E-state index in [2.05, 4.69) is 21.3 Å². The fraction of sp³-hybridized carbons (Fsp3) is 0.571. The monoisotopic (exact) mass is 606 g/mol. The van der Waals surface area contributed by atoms with E-state index < -0.39 is 30.0 Å². The number of rotatable bonds is 19. The van der Waals surface area contributed by atoms with Crippen molar-refractivity contribution >= 4 is 41.4 Å². The number of urea groups is 1. The Labute approximate surface area is 252 Å². The third kappa shape index (κ3) is 16.6. The summed E-state index contributed by atoms with van der Waals surface area (Å²) >= 11 is 0. The average molecular weight is 607 g/mol. The van der Waals surface area contributed by atoms with Gasteiger partial charge in [-0.05, 0) is 49.9 Å². The van der Waals surface area contributed by atoms with Gasteiger partial charge in [0.05, 0.1) is 6.54 Å². The maximum Gasteiger partial charge on any atom is 0.409 e. The van der Waals surface area contributed by atoms with Gasteiger partial charge in [-0.15, -0.1) is 0 Å². The predicted molar refractivity (Wildman–Crippen MR) is 160 cm³/mol. The smallest absolute Gasteiger partial charge is 0.409 e. The number of anilines is 1. The van der Waals surface area contributed by atoms with E-state index in [1.165, 1.54) is 16.7 Å². The van der Waals surface area contributed by atoms with Gasteiger partial charge in [-0.1, -0.05) is 18.6 Å². The van der Waals surface area contributed by atoms with Crippen LogP contribution in [0.4, 0.5) is 15.3 Å². The molecule has 0 aromatic heterocycles. The Morgan fingerprint density at radius 1 is 0.884 bits per heavy atom. The van der Waals surface area contributed by atoms with Crippen LogP contribution in [0.15, 0.2) is 24.3 Å². The van der Waals surface area contributed by atoms with Crippen molar-refractivity contribution in [3.05, 3.63) is 29.8 Å². The van der Waals surface area contributed by atoms with Crippen LogP contribution in [-0.2, 0) is 30.5 Å². The zero-order valence-corrected chi connectivity index (χ0v) is 25.3. The van der Waals surface area contributed by atoms with Gasteiger partial charge in [0, 0.05) is 52.8 Å². The van der Waals surface area contributed by atoms with E-state index in [1.807, 2.05) is 0 Å². The van der Waals surface area contributed by atoms with Crippen LogP contribution >= 0.6 is 0 Å². The minimum atomic E-state index is -0.943. The molecule has 1 unspecified atom stereocenters. The third-order valence-electron chi connectivity index (χ3n) is 6.38. The van der Waals surface area contributed by atoms with E-state index in [-0.39, 0.29) is 44.4 Å². The summed E-state index contributed by atoms with van der Waals surface area (Å²) in [5, 5.41) is 10.3. The van der Waals surface area contributed by atoms with Gasteiger partial charge in [0.2, 0.25) is 23.6 Å². The van der Waals surface area contributed by atoms with Crippen LogP contribution < -0.4 is 32.7 Å². The first-order valence-corrected chi connectivity index (χ1v) is 14.2. The van der Waals surface area contributed by atoms with Crippen LogP contribution in [0.2, 0.25) is 0 Å². The van der Waals surface area contributed by atoms with Crippen molar-refractivity contribution in [2.45, 2.75) is 58.1 Å². The first-order chi connectivity index (χ1) is 20.4. The van der Waals surface area contributed by atoms with Crippen molar-refractivity contribution in [1.29, 1.82) is 0 Å². The maximum absolute atomic E-state index is 13.0. The molecule has 1 rings (SSSR count). The van der Waals surface area contributed by atoms with Crippen molar-refractivity contribution in [2.75, 3.05) is 52.1 Å². The van der Waals surface area contributed by atoms with E-state index >= 15 is 0 Å². The Morgan fingerprint density at radius 3 is 2.19 bits per heavy atom. The van der Waals surface area contributed by atoms with Gasteiger partial charge >= 0.3 is 12.1 Å². The molecule has 0 radical (unpaired) electrons. The molecule has 43 heavy (non-hydrogen) atoms. The number of nitrogens with two attached hydrogens (primary N) is 2. The lowest BCUT2D eigenvalue weighted by Crippen LogP contribution is -2.47. The number of nitrogens with zero attached hydrogens (tertiary/aromatic N) is 2. The van der Waals surface area contributed by atoms with Gasteiger partial charge < -0.3 is 47.3 Å². The molecule has 0 bridgehead atoms. The number of nitrogens with one attached hydrogen (secondary N) is 4. The van der Waals surface area contributed by atoms with Crippen molar-refractivity contribution < 1.29 is 33.5 Å². The first-order valence-electron chi connectivity index (χ1n) is 14.2. The normalized spacial score (nSPS) is 11.1. The molecule has 0 aliphatic carbocycles. The van der Waals surface area contributed by atoms with Crippen LogP contribution in [0.5, 0.6) is 0 Å². The molecule has 0 saturated heterocycles. The van der Waals surface area contributed by atoms with Crippen LogP contribution in [0.25, 0.3) is 0 Å². The largest absolute Gasteiger partial charge is 0.445 e. The molecule has 1 aromatic carbocycles. The Kier molecular flexibility index (Phi) is 17.4. The minimum Gasteiger partial charge on any atom is -0.445 e. The second-order valence-electron chi connectivity index (χ2n) is 10.0. The number of primary amides is 1. The summed E-state index contributed by atoms with van der Waals surface area (Å²) in [5.41, 5.74) is 11.7. The molecule has 8 N–H and O–H groups in total. The Morgan fingerprint density at radius 2 is 1.56 bits per heavy atom. The lowest BCUT2D eigenvalue weighted by molar-refractivity contribution is -0.128. The molecule has 0 aliphatic rings. The highest BCUT2D eigenvalue weighted by molar-refractivity contribution is 5.97. The number of hydrogen-bond acceptors (Lipinski definition) is 8. The van der Waals surface area contributed by atoms with E-state index in [0.717, 1.165) is 12.8 Å². The quantitative estimate of drug-likeness (QED) is 0.120. The molecule has 15 nitrogen and oxygen atoms in total. The Bertz CT molecular complexity index is 1070. The summed E-state index contributed by atoms with van der Waals surface area (Å²) < 4.78 is 5.30. The molecular formula is C28H46N8O7. The Balaban J connectivity index is 2.64. The Hall–Kier alpha value is -4.40. The minimum absolute atomic E-state index is 0.00420. The second kappa shape index (κ2) is 20.5. The molecular weight excluding hydrogens is 560 g/mol. The van der Waals surface area contributed by atoms with E-state index in [0.29, 0.717) is 43.7 Å². The fourth-order valence-electron chi connectivity index (χ4n) is 3.62. The van der Waals surface area contributed by atoms with Crippen LogP contribution in [-0.4, -0.2) is 98.4 Å². The zero-order chi connectivity index (χ0) is 32.2. The SMILES string of the molecule is CC(=O)N(C)CCN(C)C(=O)OCc1ccc(NC(=O)C(CCCNC(N)=O)NC(=O)CNC(=O)CCCCCN)cc1. The zero-order valence-electron chi connectivity index (χ0n) is 25.3. The van der Waals surface area contributed by atoms with Gasteiger partial charge in [-0.3, -0.25) is 19.2 Å². The number of hydrogen-bond donors (Lipinski definition) is 6. The van der Waals surface area contributed by atoms with Gasteiger partial charge in [0.25, 0.3) is 0 Å². The number of ether oxygens (including phenoxy) is 1. The van der Waals surface area contributed by atoms with Crippen molar-refractivity contribution in [3.63, 3.8) is 0 Å². The highest BCUT2D eigenvalue weighted by Crippen LogP contribution is 2.12. The lowest BCUT2D eigenvalue weighted by atomic mass is 10.1. The average Bonchev–Trinajstić information content (AvgIpc) is 2.97. The van der Waals surface area contributed by atoms with Crippen LogP contribution in [0, 0.1) is 0 Å². The number of amides is 7. The summed E-state index contributed by atoms with van der Waals surface area (Å²) in [6.07, 6.45) is 2.61. The summed E-state index contributed by atoms with van der Waals surface area (Å²) in [6, 6.07) is 4.98. The fourth-order valence-corrected chi connectivity index (χ4v) is 3.62. The highest BCUT2D eigenvalue weighted by atomic mass is 16.6. The summed E-state index contributed by atoms with van der Waals surface area (Å²) in [5.74, 6) is -1.39. The molecule has 15 heteroatoms. The summed E-state index contributed by atoms with van der Waals surface area (Å²) in [4.78, 5) is 74.8. The van der Waals surface area contributed by atoms with Crippen molar-refractivity contribution in [3.8, 4) is 0 Å². The molecule has 240 valence electrons. The van der Waals surface area contributed by atoms with Crippen LogP contribution in [0.3, 0.4) is 0 Å². The molecule has 1 atom stereocenters. The molecule has 7 amide bonds. The van der Waals surface area contributed by atoms with Gasteiger partial charge in [0.15, 0.2) is 0 Å². The summed E-state index contributed by atoms with van der Waals surface area (Å²) in [6.45, 7) is 2.63. The summed E-state index contributed by atoms with van der Waals surface area (Å²) in [7, 11) is 3.22. The molecule has 0 aliphatic heterocycles. The number of unbranched alkanes of at least 4 members (excludes halogenated alkanes) is 2. The van der Waals surface area contributed by atoms with Crippen molar-refractivity contribution in [2.24, 2.45) is 11.5 Å². The number of likely N-dealkylation sites (N-methyl/N-ethyl adjacent to an activating group) is 2. The molecule has 0 spiro atoms. The standard InChI is InChI=1S/C28H46N8O7/c1-20(37)35(2)16-17-36(3)28(42)43-19-21-10-12-22(13-11-21)33-26(40)23(8-7-15-31-27(30)41)34-25(39)18-32-24(38)9-5-4-6-14-29/h10-13,23H,4-9,14-19,29H2,1-3H3,(H,32,38)(H,33,40)(H,34,39)(H3,30,31,41). The second-order valence-corrected chi connectivity index (χ2v) is 10.0. The number of carbonyl (C=O) groups is 6. The maximum atomic E-state index is 13.0. The molecule has 0 heterocycles. The first kappa shape index (κ1) is 36.6. The van der Waals surface area contributed by atoms with Crippen molar-refractivity contribution in [1.82, 2.24) is 25.8 Å². The molecule has 0 saturated carbocycles. The van der Waals surface area contributed by atoms with E-state index in [4.69, 9.17) is 16.2 Å². The topological polar surface area (TPSA) is 218 Å². The number of carbonyl (C=O) groups excluding carboxylic acids is 6. The number of benzene rings is 1. The van der Waals surface area contributed by atoms with Gasteiger partial charge in [0.1, 0.15) is 12.6 Å². The molecule has 1 aromatic rings. The lowest BCUT2D eigenvalue weighted by Gasteiger charge is -2.21. The van der Waals surface area contributed by atoms with Crippen LogP contribution in [0.1, 0.15) is 51.0 Å².